The molecule has 0 aliphatic carbocycles. The highest BCUT2D eigenvalue weighted by Gasteiger charge is 2.30. The van der Waals surface area contributed by atoms with Gasteiger partial charge in [-0.2, -0.15) is 13.2 Å². The number of halogens is 3. The fourth-order valence-corrected chi connectivity index (χ4v) is 3.98. The molecule has 0 radical (unpaired) electrons. The van der Waals surface area contributed by atoms with Crippen LogP contribution < -0.4 is 16.0 Å². The molecule has 0 amide bonds. The van der Waals surface area contributed by atoms with Crippen LogP contribution in [0.1, 0.15) is 11.1 Å². The topological polar surface area (TPSA) is 87.7 Å². The molecule has 0 aliphatic rings. The van der Waals surface area contributed by atoms with Crippen LogP contribution in [0.15, 0.2) is 79.4 Å². The molecule has 186 valence electrons. The Morgan fingerprint density at radius 1 is 0.757 bits per heavy atom. The number of fused-ring (bicyclic) bond motifs is 1. The maximum absolute atomic E-state index is 12.9. The van der Waals surface area contributed by atoms with Crippen LogP contribution in [-0.4, -0.2) is 27.0 Å². The number of aromatic nitrogens is 4. The van der Waals surface area contributed by atoms with Crippen molar-refractivity contribution in [2.24, 2.45) is 0 Å². The first-order valence-corrected chi connectivity index (χ1v) is 11.4. The van der Waals surface area contributed by atoms with E-state index in [0.29, 0.717) is 28.8 Å². The van der Waals surface area contributed by atoms with Gasteiger partial charge >= 0.3 is 6.18 Å². The van der Waals surface area contributed by atoms with Crippen molar-refractivity contribution in [1.82, 2.24) is 19.9 Å². The van der Waals surface area contributed by atoms with Gasteiger partial charge in [0.25, 0.3) is 0 Å². The molecule has 0 unspecified atom stereocenters. The summed E-state index contributed by atoms with van der Waals surface area (Å²) in [6.07, 6.45) is 0.457. The van der Waals surface area contributed by atoms with Crippen LogP contribution in [0.4, 0.5) is 42.0 Å². The Bertz CT molecular complexity index is 1570. The summed E-state index contributed by atoms with van der Waals surface area (Å²) < 4.78 is 38.8. The molecule has 0 fully saturated rings. The number of benzene rings is 2. The lowest BCUT2D eigenvalue weighted by atomic mass is 10.0. The molecule has 3 aromatic heterocycles. The summed E-state index contributed by atoms with van der Waals surface area (Å²) in [6, 6.07) is 16.2. The smallest absolute Gasteiger partial charge is 0.373 e. The van der Waals surface area contributed by atoms with Crippen molar-refractivity contribution in [1.29, 1.82) is 0 Å². The van der Waals surface area contributed by atoms with E-state index in [4.69, 9.17) is 0 Å². The molecule has 0 aliphatic heterocycles. The van der Waals surface area contributed by atoms with Gasteiger partial charge in [-0.1, -0.05) is 12.1 Å². The number of hydrogen-bond acceptors (Lipinski definition) is 7. The summed E-state index contributed by atoms with van der Waals surface area (Å²) >= 11 is 0. The van der Waals surface area contributed by atoms with Crippen LogP contribution in [0.3, 0.4) is 0 Å². The molecule has 2 aromatic carbocycles. The predicted octanol–water partition coefficient (Wildman–Crippen LogP) is 6.94. The first-order chi connectivity index (χ1) is 17.8. The number of nitrogens with zero attached hydrogens (tertiary/aromatic N) is 4. The van der Waals surface area contributed by atoms with Gasteiger partial charge in [0, 0.05) is 47.5 Å². The van der Waals surface area contributed by atoms with E-state index >= 15 is 0 Å². The Morgan fingerprint density at radius 2 is 1.54 bits per heavy atom. The van der Waals surface area contributed by atoms with Gasteiger partial charge in [-0.05, 0) is 55.0 Å². The molecule has 0 saturated carbocycles. The maximum Gasteiger partial charge on any atom is 0.416 e. The largest absolute Gasteiger partial charge is 0.416 e. The zero-order valence-corrected chi connectivity index (χ0v) is 19.9. The fourth-order valence-electron chi connectivity index (χ4n) is 3.98. The summed E-state index contributed by atoms with van der Waals surface area (Å²) in [7, 11) is 1.79. The molecule has 0 saturated heterocycles. The first-order valence-electron chi connectivity index (χ1n) is 11.4. The number of nitrogens with one attached hydrogen (secondary N) is 3. The van der Waals surface area contributed by atoms with Gasteiger partial charge < -0.3 is 16.0 Å². The van der Waals surface area contributed by atoms with Gasteiger partial charge in [0.05, 0.1) is 16.9 Å². The van der Waals surface area contributed by atoms with Crippen LogP contribution >= 0.6 is 0 Å². The Kier molecular flexibility index (Phi) is 6.31. The number of alkyl halides is 3. The molecule has 3 heterocycles. The summed E-state index contributed by atoms with van der Waals surface area (Å²) in [5, 5.41) is 11.3. The second-order valence-corrected chi connectivity index (χ2v) is 8.28. The highest BCUT2D eigenvalue weighted by molar-refractivity contribution is 6.03. The lowest BCUT2D eigenvalue weighted by Gasteiger charge is -2.17. The standard InChI is InChI=1S/C27H22F3N7/c1-16-5-10-20-19(11-13-33-25(20)36-18-8-6-17(7-9-18)27(28,29)30)24(16)37-26-21(4-3-12-32-26)22-14-23(31-2)35-15-34-22/h3-15H,1-2H3,(H,32,37)(H,33,36)(H,31,34,35). The molecule has 10 heteroatoms. The molecular weight excluding hydrogens is 479 g/mol. The zero-order chi connectivity index (χ0) is 26.0. The minimum absolute atomic E-state index is 0.499. The fraction of sp³-hybridized carbons (Fsp3) is 0.111. The van der Waals surface area contributed by atoms with E-state index in [2.05, 4.69) is 35.9 Å². The van der Waals surface area contributed by atoms with E-state index in [9.17, 15) is 13.2 Å². The van der Waals surface area contributed by atoms with Gasteiger partial charge in [0.15, 0.2) is 0 Å². The van der Waals surface area contributed by atoms with Gasteiger partial charge in [-0.15, -0.1) is 0 Å². The average molecular weight is 502 g/mol. The number of pyridine rings is 2. The Morgan fingerprint density at radius 3 is 2.30 bits per heavy atom. The maximum atomic E-state index is 12.9. The van der Waals surface area contributed by atoms with Crippen molar-refractivity contribution < 1.29 is 13.2 Å². The van der Waals surface area contributed by atoms with Crippen LogP contribution in [0.25, 0.3) is 22.0 Å². The predicted molar refractivity (Wildman–Crippen MR) is 139 cm³/mol. The molecule has 37 heavy (non-hydrogen) atoms. The van der Waals surface area contributed by atoms with Gasteiger partial charge in [-0.25, -0.2) is 19.9 Å². The van der Waals surface area contributed by atoms with Crippen LogP contribution in [0.5, 0.6) is 0 Å². The van der Waals surface area contributed by atoms with E-state index in [1.165, 1.54) is 18.5 Å². The summed E-state index contributed by atoms with van der Waals surface area (Å²) in [5.74, 6) is 1.83. The molecule has 5 rings (SSSR count). The van der Waals surface area contributed by atoms with E-state index in [0.717, 1.165) is 39.7 Å². The third-order valence-electron chi connectivity index (χ3n) is 5.88. The zero-order valence-electron chi connectivity index (χ0n) is 19.9. The molecule has 5 aromatic rings. The van der Waals surface area contributed by atoms with Crippen molar-refractivity contribution in [3.8, 4) is 11.3 Å². The summed E-state index contributed by atoms with van der Waals surface area (Å²) in [6.45, 7) is 1.98. The Balaban J connectivity index is 1.52. The van der Waals surface area contributed by atoms with Crippen molar-refractivity contribution >= 4 is 39.6 Å². The minimum atomic E-state index is -4.39. The first kappa shape index (κ1) is 24.0. The van der Waals surface area contributed by atoms with E-state index < -0.39 is 11.7 Å². The molecule has 3 N–H and O–H groups in total. The number of anilines is 5. The number of aryl methyl sites for hydroxylation is 1. The van der Waals surface area contributed by atoms with Crippen molar-refractivity contribution in [3.63, 3.8) is 0 Å². The number of rotatable bonds is 6. The molecular formula is C27H22F3N7. The van der Waals surface area contributed by atoms with E-state index in [-0.39, 0.29) is 0 Å². The highest BCUT2D eigenvalue weighted by atomic mass is 19.4. The second kappa shape index (κ2) is 9.73. The Labute approximate surface area is 210 Å². The summed E-state index contributed by atoms with van der Waals surface area (Å²) in [4.78, 5) is 17.6. The van der Waals surface area contributed by atoms with Crippen molar-refractivity contribution in [2.75, 3.05) is 23.0 Å². The van der Waals surface area contributed by atoms with E-state index in [1.54, 1.807) is 19.4 Å². The lowest BCUT2D eigenvalue weighted by molar-refractivity contribution is -0.137. The van der Waals surface area contributed by atoms with Crippen LogP contribution in [-0.2, 0) is 6.18 Å². The summed E-state index contributed by atoms with van der Waals surface area (Å²) in [5.41, 5.74) is 3.11. The monoisotopic (exact) mass is 501 g/mol. The van der Waals surface area contributed by atoms with Gasteiger partial charge in [-0.3, -0.25) is 0 Å². The average Bonchev–Trinajstić information content (AvgIpc) is 2.90. The van der Waals surface area contributed by atoms with Crippen LogP contribution in [0, 0.1) is 6.92 Å². The van der Waals surface area contributed by atoms with E-state index in [1.807, 2.05) is 43.3 Å². The third kappa shape index (κ3) is 4.99. The SMILES string of the molecule is CNc1cc(-c2cccnc2Nc2c(C)ccc3c(Nc4ccc(C(F)(F)F)cc4)nccc23)ncn1. The van der Waals surface area contributed by atoms with Gasteiger partial charge in [0.2, 0.25) is 0 Å². The highest BCUT2D eigenvalue weighted by Crippen LogP contribution is 2.36. The normalized spacial score (nSPS) is 11.4. The van der Waals surface area contributed by atoms with Gasteiger partial charge in [0.1, 0.15) is 23.8 Å². The number of hydrogen-bond donors (Lipinski definition) is 3. The van der Waals surface area contributed by atoms with Crippen LogP contribution in [0.2, 0.25) is 0 Å². The third-order valence-corrected chi connectivity index (χ3v) is 5.88. The lowest BCUT2D eigenvalue weighted by Crippen LogP contribution is -2.04. The minimum Gasteiger partial charge on any atom is -0.373 e. The quantitative estimate of drug-likeness (QED) is 0.232. The van der Waals surface area contributed by atoms with Crippen molar-refractivity contribution in [2.45, 2.75) is 13.1 Å². The second-order valence-electron chi connectivity index (χ2n) is 8.28. The molecule has 7 nitrogen and oxygen atoms in total. The molecule has 0 bridgehead atoms. The molecule has 0 atom stereocenters. The Hall–Kier alpha value is -4.73. The molecule has 0 spiro atoms. The van der Waals surface area contributed by atoms with Crippen molar-refractivity contribution in [3.05, 3.63) is 90.5 Å².